The summed E-state index contributed by atoms with van der Waals surface area (Å²) < 4.78 is 31.2. The van der Waals surface area contributed by atoms with E-state index in [0.717, 1.165) is 31.4 Å². The van der Waals surface area contributed by atoms with Gasteiger partial charge in [-0.05, 0) is 79.3 Å². The lowest BCUT2D eigenvalue weighted by Crippen LogP contribution is -2.31. The van der Waals surface area contributed by atoms with E-state index in [2.05, 4.69) is 12.2 Å². The summed E-state index contributed by atoms with van der Waals surface area (Å²) in [5.41, 5.74) is 7.92. The van der Waals surface area contributed by atoms with Crippen molar-refractivity contribution < 1.29 is 18.4 Å². The van der Waals surface area contributed by atoms with Crippen molar-refractivity contribution in [1.82, 2.24) is 4.57 Å². The Bertz CT molecular complexity index is 1350. The minimum atomic E-state index is -0.831. The molecule has 184 valence electrons. The third kappa shape index (κ3) is 4.21. The fourth-order valence-corrected chi connectivity index (χ4v) is 5.83. The first-order valence-corrected chi connectivity index (χ1v) is 12.3. The zero-order chi connectivity index (χ0) is 25.1. The van der Waals surface area contributed by atoms with Crippen molar-refractivity contribution in [1.29, 1.82) is 0 Å². The molecule has 0 bridgehead atoms. The number of rotatable bonds is 4. The maximum Gasteiger partial charge on any atom is 0.253 e. The van der Waals surface area contributed by atoms with Crippen molar-refractivity contribution in [2.75, 3.05) is 5.32 Å². The maximum atomic E-state index is 15.4. The van der Waals surface area contributed by atoms with E-state index in [-0.39, 0.29) is 22.9 Å². The van der Waals surface area contributed by atoms with Crippen molar-refractivity contribution in [3.63, 3.8) is 0 Å². The fourth-order valence-electron chi connectivity index (χ4n) is 5.83. The number of hydrogen-bond acceptors (Lipinski definition) is 3. The molecule has 2 aliphatic rings. The summed E-state index contributed by atoms with van der Waals surface area (Å²) in [6, 6.07) is 7.53. The van der Waals surface area contributed by atoms with E-state index >= 15 is 4.39 Å². The Hall–Kier alpha value is -3.22. The topological polar surface area (TPSA) is 77.1 Å². The van der Waals surface area contributed by atoms with Crippen LogP contribution in [0.5, 0.6) is 0 Å². The molecule has 5 nitrogen and oxygen atoms in total. The van der Waals surface area contributed by atoms with Crippen LogP contribution in [-0.4, -0.2) is 22.4 Å². The second kappa shape index (κ2) is 8.47. The van der Waals surface area contributed by atoms with Crippen LogP contribution in [-0.2, 0) is 6.42 Å². The lowest BCUT2D eigenvalue weighted by atomic mass is 9.80. The molecule has 0 spiro atoms. The summed E-state index contributed by atoms with van der Waals surface area (Å²) in [7, 11) is 0. The summed E-state index contributed by atoms with van der Waals surface area (Å²) in [5, 5.41) is 4.06. The van der Waals surface area contributed by atoms with E-state index in [4.69, 9.17) is 5.73 Å². The smallest absolute Gasteiger partial charge is 0.253 e. The van der Waals surface area contributed by atoms with Gasteiger partial charge in [-0.1, -0.05) is 20.8 Å². The number of fused-ring (bicyclic) bond motifs is 3. The van der Waals surface area contributed by atoms with Crippen LogP contribution < -0.4 is 11.1 Å². The summed E-state index contributed by atoms with van der Waals surface area (Å²) >= 11 is 0. The Morgan fingerprint density at radius 1 is 1.09 bits per heavy atom. The molecule has 0 radical (unpaired) electrons. The van der Waals surface area contributed by atoms with E-state index in [0.29, 0.717) is 46.5 Å². The van der Waals surface area contributed by atoms with E-state index in [9.17, 15) is 14.0 Å². The van der Waals surface area contributed by atoms with Crippen LogP contribution in [0.1, 0.15) is 73.7 Å². The van der Waals surface area contributed by atoms with Gasteiger partial charge in [0.05, 0.1) is 16.8 Å². The van der Waals surface area contributed by atoms with Gasteiger partial charge in [-0.25, -0.2) is 8.78 Å². The number of nitrogens with two attached hydrogens (primary N) is 1. The average molecular weight is 480 g/mol. The fraction of sp³-hybridized carbons (Fsp3) is 0.429. The molecule has 3 aromatic rings. The molecule has 1 aliphatic heterocycles. The highest BCUT2D eigenvalue weighted by molar-refractivity contribution is 6.06. The lowest BCUT2D eigenvalue weighted by Gasteiger charge is -2.31. The molecule has 0 atom stereocenters. The number of amides is 1. The van der Waals surface area contributed by atoms with E-state index in [1.54, 1.807) is 16.7 Å². The molecule has 2 heterocycles. The SMILES string of the molecule is CC1CCC(Nc2cc(-c3c4n(c5cc(F)ccc35)C(=O)CC(C)(C)C4)cc(F)c2C(N)=O)CC1. The summed E-state index contributed by atoms with van der Waals surface area (Å²) in [6.07, 6.45) is 4.89. The molecular formula is C28H31F2N3O2. The minimum absolute atomic E-state index is 0.109. The molecule has 5 rings (SSSR count). The van der Waals surface area contributed by atoms with Crippen molar-refractivity contribution in [3.8, 4) is 11.1 Å². The quantitative estimate of drug-likeness (QED) is 0.462. The highest BCUT2D eigenvalue weighted by atomic mass is 19.1. The van der Waals surface area contributed by atoms with Crippen molar-refractivity contribution >= 4 is 28.4 Å². The molecule has 3 N–H and O–H groups in total. The third-order valence-corrected chi connectivity index (χ3v) is 7.55. The maximum absolute atomic E-state index is 15.4. The Morgan fingerprint density at radius 2 is 1.80 bits per heavy atom. The normalized spacial score (nSPS) is 21.7. The van der Waals surface area contributed by atoms with Gasteiger partial charge in [0.15, 0.2) is 0 Å². The molecular weight excluding hydrogens is 448 g/mol. The first-order valence-electron chi connectivity index (χ1n) is 12.3. The molecule has 1 aromatic heterocycles. The zero-order valence-corrected chi connectivity index (χ0v) is 20.4. The zero-order valence-electron chi connectivity index (χ0n) is 20.4. The standard InChI is InChI=1S/C28H31F2N3O2/c1-15-4-7-18(8-5-15)32-21-11-16(10-20(30)26(21)27(31)35)25-19-9-6-17(29)12-22(19)33-23(25)13-28(2,3)14-24(33)34/h6,9-12,15,18,32H,4-5,7-8,13-14H2,1-3H3,(H2,31,35). The molecule has 2 aromatic carbocycles. The van der Waals surface area contributed by atoms with Crippen LogP contribution in [0.2, 0.25) is 0 Å². The van der Waals surface area contributed by atoms with Crippen molar-refractivity contribution in [2.24, 2.45) is 17.1 Å². The average Bonchev–Trinajstić information content (AvgIpc) is 3.06. The van der Waals surface area contributed by atoms with Crippen LogP contribution in [0, 0.1) is 23.0 Å². The van der Waals surface area contributed by atoms with Crippen molar-refractivity contribution in [2.45, 2.75) is 65.3 Å². The molecule has 1 amide bonds. The number of halogens is 2. The Morgan fingerprint density at radius 3 is 2.49 bits per heavy atom. The second-order valence-corrected chi connectivity index (χ2v) is 11.1. The second-order valence-electron chi connectivity index (χ2n) is 11.1. The Balaban J connectivity index is 1.71. The van der Waals surface area contributed by atoms with Gasteiger partial charge in [0.1, 0.15) is 11.6 Å². The number of carbonyl (C=O) groups is 2. The number of hydrogen-bond donors (Lipinski definition) is 2. The van der Waals surface area contributed by atoms with Gasteiger partial charge in [0.25, 0.3) is 5.91 Å². The first-order chi connectivity index (χ1) is 16.5. The molecule has 7 heteroatoms. The largest absolute Gasteiger partial charge is 0.382 e. The summed E-state index contributed by atoms with van der Waals surface area (Å²) in [4.78, 5) is 25.3. The van der Waals surface area contributed by atoms with Crippen LogP contribution in [0.25, 0.3) is 22.0 Å². The van der Waals surface area contributed by atoms with Gasteiger partial charge >= 0.3 is 0 Å². The van der Waals surface area contributed by atoms with Gasteiger partial charge in [-0.2, -0.15) is 0 Å². The van der Waals surface area contributed by atoms with Crippen LogP contribution in [0.4, 0.5) is 14.5 Å². The minimum Gasteiger partial charge on any atom is -0.382 e. The number of carbonyl (C=O) groups excluding carboxylic acids is 2. The van der Waals surface area contributed by atoms with E-state index < -0.39 is 17.5 Å². The number of primary amides is 1. The van der Waals surface area contributed by atoms with Gasteiger partial charge in [-0.3, -0.25) is 14.2 Å². The summed E-state index contributed by atoms with van der Waals surface area (Å²) in [5.74, 6) is -1.44. The van der Waals surface area contributed by atoms with Gasteiger partial charge in [0.2, 0.25) is 5.91 Å². The van der Waals surface area contributed by atoms with Gasteiger partial charge < -0.3 is 11.1 Å². The predicted octanol–water partition coefficient (Wildman–Crippen LogP) is 6.29. The Kier molecular flexibility index (Phi) is 5.69. The third-order valence-electron chi connectivity index (χ3n) is 7.55. The van der Waals surface area contributed by atoms with Crippen LogP contribution >= 0.6 is 0 Å². The molecule has 35 heavy (non-hydrogen) atoms. The number of anilines is 1. The summed E-state index contributed by atoms with van der Waals surface area (Å²) in [6.45, 7) is 6.26. The Labute approximate surface area is 203 Å². The lowest BCUT2D eigenvalue weighted by molar-refractivity contribution is 0.0816. The first kappa shape index (κ1) is 23.5. The van der Waals surface area contributed by atoms with Crippen LogP contribution in [0.15, 0.2) is 30.3 Å². The van der Waals surface area contributed by atoms with Gasteiger partial charge in [-0.15, -0.1) is 0 Å². The number of aromatic nitrogens is 1. The van der Waals surface area contributed by atoms with E-state index in [1.165, 1.54) is 18.2 Å². The predicted molar refractivity (Wildman–Crippen MR) is 134 cm³/mol. The monoisotopic (exact) mass is 479 g/mol. The van der Waals surface area contributed by atoms with Crippen molar-refractivity contribution in [3.05, 3.63) is 53.2 Å². The number of nitrogens with zero attached hydrogens (tertiary/aromatic N) is 1. The molecule has 1 fully saturated rings. The molecule has 0 unspecified atom stereocenters. The molecule has 0 saturated heterocycles. The van der Waals surface area contributed by atoms with Crippen LogP contribution in [0.3, 0.4) is 0 Å². The van der Waals surface area contributed by atoms with Gasteiger partial charge in [0, 0.05) is 29.1 Å². The number of nitrogens with one attached hydrogen (secondary N) is 1. The highest BCUT2D eigenvalue weighted by Crippen LogP contribution is 2.44. The molecule has 1 saturated carbocycles. The number of benzene rings is 2. The van der Waals surface area contributed by atoms with E-state index in [1.807, 2.05) is 13.8 Å². The highest BCUT2D eigenvalue weighted by Gasteiger charge is 2.35. The molecule has 1 aliphatic carbocycles.